The molecule has 0 unspecified atom stereocenters. The Kier molecular flexibility index (Phi) is 5.68. The van der Waals surface area contributed by atoms with Crippen LogP contribution in [0.15, 0.2) is 48.0 Å². The molecule has 0 aliphatic carbocycles. The van der Waals surface area contributed by atoms with Crippen LogP contribution in [0.4, 0.5) is 0 Å². The van der Waals surface area contributed by atoms with Crippen LogP contribution in [0.1, 0.15) is 31.9 Å². The quantitative estimate of drug-likeness (QED) is 0.619. The van der Waals surface area contributed by atoms with Crippen LogP contribution in [0.25, 0.3) is 6.08 Å². The van der Waals surface area contributed by atoms with Crippen molar-refractivity contribution in [1.29, 1.82) is 5.26 Å². The zero-order chi connectivity index (χ0) is 19.3. The monoisotopic (exact) mass is 351 g/mol. The highest BCUT2D eigenvalue weighted by Crippen LogP contribution is 2.36. The summed E-state index contributed by atoms with van der Waals surface area (Å²) in [6.07, 6.45) is 1.32. The summed E-state index contributed by atoms with van der Waals surface area (Å²) in [6.45, 7) is 6.29. The Hall–Kier alpha value is -3.26. The third kappa shape index (κ3) is 4.64. The van der Waals surface area contributed by atoms with Crippen molar-refractivity contribution < 1.29 is 19.4 Å². The molecule has 0 saturated heterocycles. The number of benzene rings is 2. The largest absolute Gasteiger partial charge is 0.497 e. The summed E-state index contributed by atoms with van der Waals surface area (Å²) >= 11 is 0. The molecule has 0 aliphatic rings. The zero-order valence-corrected chi connectivity index (χ0v) is 15.2. The van der Waals surface area contributed by atoms with Crippen LogP contribution >= 0.6 is 0 Å². The molecule has 0 atom stereocenters. The van der Waals surface area contributed by atoms with Crippen molar-refractivity contribution in [2.75, 3.05) is 7.11 Å². The van der Waals surface area contributed by atoms with Crippen molar-refractivity contribution in [3.63, 3.8) is 0 Å². The maximum Gasteiger partial charge on any atom is 0.346 e. The van der Waals surface area contributed by atoms with Crippen molar-refractivity contribution in [2.24, 2.45) is 0 Å². The van der Waals surface area contributed by atoms with Crippen LogP contribution in [-0.4, -0.2) is 18.2 Å². The molecule has 0 saturated carbocycles. The van der Waals surface area contributed by atoms with E-state index < -0.39 is 5.97 Å². The second kappa shape index (κ2) is 7.75. The second-order valence-electron chi connectivity index (χ2n) is 6.76. The predicted octanol–water partition coefficient (Wildman–Crippen LogP) is 4.78. The Morgan fingerprint density at radius 3 is 2.23 bits per heavy atom. The number of hydrogen-bond donors (Lipinski definition) is 1. The first kappa shape index (κ1) is 19.1. The van der Waals surface area contributed by atoms with Gasteiger partial charge in [0.1, 0.15) is 28.9 Å². The molecule has 0 radical (unpaired) electrons. The minimum Gasteiger partial charge on any atom is -0.497 e. The van der Waals surface area contributed by atoms with E-state index in [1.54, 1.807) is 37.4 Å². The van der Waals surface area contributed by atoms with E-state index in [0.717, 1.165) is 17.1 Å². The normalized spacial score (nSPS) is 11.6. The van der Waals surface area contributed by atoms with Crippen LogP contribution in [0, 0.1) is 11.3 Å². The molecule has 134 valence electrons. The molecule has 5 nitrogen and oxygen atoms in total. The standard InChI is InChI=1S/C21H21NO4/c1-21(2,3)18-12-17(25-4)9-10-19(18)26-16-7-5-14(6-8-16)11-15(13-22)20(23)24/h5-12H,1-4H3,(H,23,24). The van der Waals surface area contributed by atoms with E-state index >= 15 is 0 Å². The number of rotatable bonds is 5. The highest BCUT2D eigenvalue weighted by molar-refractivity contribution is 5.96. The molecule has 1 N–H and O–H groups in total. The maximum atomic E-state index is 10.9. The number of carbonyl (C=O) groups is 1. The van der Waals surface area contributed by atoms with E-state index in [9.17, 15) is 4.79 Å². The molecule has 2 aromatic rings. The van der Waals surface area contributed by atoms with Gasteiger partial charge >= 0.3 is 5.97 Å². The Morgan fingerprint density at radius 2 is 1.73 bits per heavy atom. The van der Waals surface area contributed by atoms with Crippen molar-refractivity contribution in [3.05, 3.63) is 59.2 Å². The molecule has 2 rings (SSSR count). The number of carboxylic acids is 1. The van der Waals surface area contributed by atoms with Crippen molar-refractivity contribution >= 4 is 12.0 Å². The van der Waals surface area contributed by atoms with E-state index in [1.807, 2.05) is 18.2 Å². The molecule has 0 heterocycles. The molecule has 0 aliphatic heterocycles. The molecule has 0 amide bonds. The highest BCUT2D eigenvalue weighted by atomic mass is 16.5. The Labute approximate surface area is 153 Å². The number of nitrogens with zero attached hydrogens (tertiary/aromatic N) is 1. The molecule has 2 aromatic carbocycles. The molecule has 5 heteroatoms. The van der Waals surface area contributed by atoms with Gasteiger partial charge in [0.25, 0.3) is 0 Å². The zero-order valence-electron chi connectivity index (χ0n) is 15.2. The second-order valence-corrected chi connectivity index (χ2v) is 6.76. The summed E-state index contributed by atoms with van der Waals surface area (Å²) in [5.41, 5.74) is 1.18. The summed E-state index contributed by atoms with van der Waals surface area (Å²) in [4.78, 5) is 10.9. The molecule has 0 spiro atoms. The number of aliphatic carboxylic acids is 1. The third-order valence-corrected chi connectivity index (χ3v) is 3.76. The summed E-state index contributed by atoms with van der Waals surface area (Å²) in [5.74, 6) is 0.859. The smallest absolute Gasteiger partial charge is 0.346 e. The van der Waals surface area contributed by atoms with Crippen LogP contribution in [-0.2, 0) is 10.2 Å². The first-order chi connectivity index (χ1) is 12.2. The van der Waals surface area contributed by atoms with Gasteiger partial charge in [0, 0.05) is 5.56 Å². The Balaban J connectivity index is 2.30. The number of hydrogen-bond acceptors (Lipinski definition) is 4. The molecule has 0 bridgehead atoms. The Bertz CT molecular complexity index is 868. The van der Waals surface area contributed by atoms with Crippen LogP contribution in [0.2, 0.25) is 0 Å². The first-order valence-electron chi connectivity index (χ1n) is 8.06. The average molecular weight is 351 g/mol. The van der Waals surface area contributed by atoms with E-state index in [4.69, 9.17) is 19.8 Å². The fourth-order valence-corrected chi connectivity index (χ4v) is 2.38. The number of methoxy groups -OCH3 is 1. The van der Waals surface area contributed by atoms with E-state index in [0.29, 0.717) is 11.3 Å². The van der Waals surface area contributed by atoms with E-state index in [1.165, 1.54) is 6.08 Å². The lowest BCUT2D eigenvalue weighted by molar-refractivity contribution is -0.132. The lowest BCUT2D eigenvalue weighted by Crippen LogP contribution is -2.12. The third-order valence-electron chi connectivity index (χ3n) is 3.76. The van der Waals surface area contributed by atoms with Gasteiger partial charge in [-0.05, 0) is 47.4 Å². The summed E-state index contributed by atoms with van der Waals surface area (Å²) in [5, 5.41) is 17.7. The number of nitriles is 1. The average Bonchev–Trinajstić information content (AvgIpc) is 2.60. The summed E-state index contributed by atoms with van der Waals surface area (Å²) < 4.78 is 11.3. The molecule has 0 fully saturated rings. The van der Waals surface area contributed by atoms with Gasteiger partial charge in [-0.1, -0.05) is 32.9 Å². The molecule has 26 heavy (non-hydrogen) atoms. The van der Waals surface area contributed by atoms with Gasteiger partial charge in [0.05, 0.1) is 7.11 Å². The number of carboxylic acid groups (broad SMARTS) is 1. The Morgan fingerprint density at radius 1 is 1.12 bits per heavy atom. The SMILES string of the molecule is COc1ccc(Oc2ccc(C=C(C#N)C(=O)O)cc2)c(C(C)(C)C)c1. The van der Waals surface area contributed by atoms with Crippen LogP contribution < -0.4 is 9.47 Å². The molecular formula is C21H21NO4. The molecule has 0 aromatic heterocycles. The summed E-state index contributed by atoms with van der Waals surface area (Å²) in [7, 11) is 1.63. The van der Waals surface area contributed by atoms with E-state index in [2.05, 4.69) is 20.8 Å². The van der Waals surface area contributed by atoms with Crippen LogP contribution in [0.5, 0.6) is 17.2 Å². The maximum absolute atomic E-state index is 10.9. The van der Waals surface area contributed by atoms with E-state index in [-0.39, 0.29) is 11.0 Å². The highest BCUT2D eigenvalue weighted by Gasteiger charge is 2.20. The topological polar surface area (TPSA) is 79.5 Å². The predicted molar refractivity (Wildman–Crippen MR) is 99.4 cm³/mol. The fourth-order valence-electron chi connectivity index (χ4n) is 2.38. The number of ether oxygens (including phenoxy) is 2. The summed E-state index contributed by atoms with van der Waals surface area (Å²) in [6, 6.07) is 14.2. The fraction of sp³-hybridized carbons (Fsp3) is 0.238. The van der Waals surface area contributed by atoms with Crippen molar-refractivity contribution in [1.82, 2.24) is 0 Å². The van der Waals surface area contributed by atoms with Gasteiger partial charge in [-0.2, -0.15) is 5.26 Å². The van der Waals surface area contributed by atoms with Gasteiger partial charge in [-0.25, -0.2) is 4.79 Å². The first-order valence-corrected chi connectivity index (χ1v) is 8.06. The van der Waals surface area contributed by atoms with Gasteiger partial charge < -0.3 is 14.6 Å². The van der Waals surface area contributed by atoms with Gasteiger partial charge in [-0.3, -0.25) is 0 Å². The van der Waals surface area contributed by atoms with Crippen LogP contribution in [0.3, 0.4) is 0 Å². The lowest BCUT2D eigenvalue weighted by atomic mass is 9.86. The molecular weight excluding hydrogens is 330 g/mol. The minimum atomic E-state index is -1.25. The van der Waals surface area contributed by atoms with Crippen molar-refractivity contribution in [2.45, 2.75) is 26.2 Å². The van der Waals surface area contributed by atoms with Gasteiger partial charge in [-0.15, -0.1) is 0 Å². The lowest BCUT2D eigenvalue weighted by Gasteiger charge is -2.23. The minimum absolute atomic E-state index is 0.129. The van der Waals surface area contributed by atoms with Gasteiger partial charge in [0.2, 0.25) is 0 Å². The van der Waals surface area contributed by atoms with Gasteiger partial charge in [0.15, 0.2) is 0 Å². The van der Waals surface area contributed by atoms with Crippen molar-refractivity contribution in [3.8, 4) is 23.3 Å².